The van der Waals surface area contributed by atoms with Crippen LogP contribution in [0.4, 0.5) is 0 Å². The van der Waals surface area contributed by atoms with Crippen molar-refractivity contribution in [3.8, 4) is 0 Å². The van der Waals surface area contributed by atoms with E-state index in [1.807, 2.05) is 0 Å². The molecule has 0 radical (unpaired) electrons. The molecule has 1 heteroatoms. The van der Waals surface area contributed by atoms with Gasteiger partial charge < -0.3 is 0 Å². The van der Waals surface area contributed by atoms with Gasteiger partial charge in [0.25, 0.3) is 0 Å². The normalized spacial score (nSPS) is 15.9. The number of hydrogen-bond acceptors (Lipinski definition) is 0. The molecule has 0 atom stereocenters. The van der Waals surface area contributed by atoms with Crippen LogP contribution in [0, 0.1) is 0 Å². The summed E-state index contributed by atoms with van der Waals surface area (Å²) in [5.74, 6) is 0. The molecule has 0 bridgehead atoms. The largest absolute Gasteiger partial charge is 0.271 e. The van der Waals surface area contributed by atoms with E-state index in [-0.39, 0.29) is 0 Å². The molecule has 0 aromatic heterocycles. The zero-order valence-corrected chi connectivity index (χ0v) is 14.7. The van der Waals surface area contributed by atoms with Crippen molar-refractivity contribution < 1.29 is 4.48 Å². The van der Waals surface area contributed by atoms with E-state index in [1.165, 1.54) is 90.1 Å². The van der Waals surface area contributed by atoms with Gasteiger partial charge in [-0.2, -0.15) is 0 Å². The molecule has 0 aromatic rings. The second-order valence-electron chi connectivity index (χ2n) is 6.77. The van der Waals surface area contributed by atoms with E-state index in [2.05, 4.69) is 38.4 Å². The van der Waals surface area contributed by atoms with Gasteiger partial charge in [-0.1, -0.05) is 65.2 Å². The van der Waals surface area contributed by atoms with Gasteiger partial charge in [-0.25, -0.2) is 0 Å². The molecular formula is C20H38N+. The van der Waals surface area contributed by atoms with Crippen LogP contribution in [-0.2, 0) is 0 Å². The molecular weight excluding hydrogens is 254 g/mol. The third-order valence-electron chi connectivity index (χ3n) is 4.73. The Kier molecular flexibility index (Phi) is 10.6. The Morgan fingerprint density at radius 3 is 1.33 bits per heavy atom. The fourth-order valence-electron chi connectivity index (χ4n) is 3.27. The summed E-state index contributed by atoms with van der Waals surface area (Å²) in [5.41, 5.74) is 0. The second-order valence-corrected chi connectivity index (χ2v) is 6.77. The van der Waals surface area contributed by atoms with Crippen LogP contribution in [0.1, 0.15) is 90.9 Å². The van der Waals surface area contributed by atoms with Gasteiger partial charge in [0.15, 0.2) is 0 Å². The summed E-state index contributed by atoms with van der Waals surface area (Å²) < 4.78 is 1.13. The molecule has 0 spiro atoms. The third kappa shape index (κ3) is 8.46. The van der Waals surface area contributed by atoms with Crippen LogP contribution in [0.15, 0.2) is 24.6 Å². The summed E-state index contributed by atoms with van der Waals surface area (Å²) >= 11 is 0. The highest BCUT2D eigenvalue weighted by Crippen LogP contribution is 2.20. The van der Waals surface area contributed by atoms with Gasteiger partial charge in [0.05, 0.1) is 13.1 Å². The Hall–Kier alpha value is -0.560. The molecule has 0 N–H and O–H groups in total. The zero-order valence-electron chi connectivity index (χ0n) is 14.7. The first-order chi connectivity index (χ1) is 10.3. The quantitative estimate of drug-likeness (QED) is 0.251. The van der Waals surface area contributed by atoms with Crippen LogP contribution in [0.5, 0.6) is 0 Å². The minimum Gasteiger partial charge on any atom is -0.271 e. The Balaban J connectivity index is 2.13. The molecule has 0 aromatic carbocycles. The average Bonchev–Trinajstić information content (AvgIpc) is 2.96. The van der Waals surface area contributed by atoms with Crippen molar-refractivity contribution >= 4 is 0 Å². The molecule has 0 aliphatic carbocycles. The highest BCUT2D eigenvalue weighted by atomic mass is 15.3. The maximum atomic E-state index is 2.41. The maximum absolute atomic E-state index is 2.41. The minimum atomic E-state index is 1.13. The SMILES string of the molecule is CCCCCCCC[N+]1(CCCCCCCC)C=CC=C1. The van der Waals surface area contributed by atoms with Crippen molar-refractivity contribution in [1.29, 1.82) is 0 Å². The average molecular weight is 293 g/mol. The van der Waals surface area contributed by atoms with Gasteiger partial charge in [0.1, 0.15) is 12.4 Å². The predicted octanol–water partition coefficient (Wildman–Crippen LogP) is 6.57. The van der Waals surface area contributed by atoms with Crippen molar-refractivity contribution in [2.75, 3.05) is 13.1 Å². The lowest BCUT2D eigenvalue weighted by atomic mass is 10.1. The first-order valence-electron chi connectivity index (χ1n) is 9.56. The van der Waals surface area contributed by atoms with Crippen molar-refractivity contribution in [1.82, 2.24) is 0 Å². The van der Waals surface area contributed by atoms with Gasteiger partial charge in [-0.15, -0.1) is 0 Å². The molecule has 0 saturated carbocycles. The number of quaternary nitrogens is 1. The van der Waals surface area contributed by atoms with E-state index < -0.39 is 0 Å². The summed E-state index contributed by atoms with van der Waals surface area (Å²) in [7, 11) is 0. The molecule has 0 unspecified atom stereocenters. The fourth-order valence-corrected chi connectivity index (χ4v) is 3.27. The van der Waals surface area contributed by atoms with E-state index >= 15 is 0 Å². The lowest BCUT2D eigenvalue weighted by Crippen LogP contribution is -2.37. The molecule has 1 heterocycles. The van der Waals surface area contributed by atoms with Gasteiger partial charge in [0.2, 0.25) is 0 Å². The van der Waals surface area contributed by atoms with Crippen molar-refractivity contribution in [2.24, 2.45) is 0 Å². The fraction of sp³-hybridized carbons (Fsp3) is 0.800. The number of hydrogen-bond donors (Lipinski definition) is 0. The number of allylic oxidation sites excluding steroid dienone is 2. The lowest BCUT2D eigenvalue weighted by molar-refractivity contribution is -0.826. The third-order valence-corrected chi connectivity index (χ3v) is 4.73. The lowest BCUT2D eigenvalue weighted by Gasteiger charge is -2.29. The molecule has 1 aliphatic heterocycles. The van der Waals surface area contributed by atoms with Gasteiger partial charge in [-0.05, 0) is 37.8 Å². The topological polar surface area (TPSA) is 0 Å². The van der Waals surface area contributed by atoms with E-state index in [1.54, 1.807) is 0 Å². The van der Waals surface area contributed by atoms with Crippen LogP contribution in [0.3, 0.4) is 0 Å². The molecule has 1 aliphatic rings. The summed E-state index contributed by atoms with van der Waals surface area (Å²) in [5, 5.41) is 0. The van der Waals surface area contributed by atoms with Crippen LogP contribution < -0.4 is 0 Å². The van der Waals surface area contributed by atoms with E-state index in [0.717, 1.165) is 4.48 Å². The van der Waals surface area contributed by atoms with E-state index in [4.69, 9.17) is 0 Å². The molecule has 1 nitrogen and oxygen atoms in total. The minimum absolute atomic E-state index is 1.13. The predicted molar refractivity (Wildman–Crippen MR) is 95.0 cm³/mol. The molecule has 1 rings (SSSR count). The Morgan fingerprint density at radius 2 is 0.905 bits per heavy atom. The molecule has 0 fully saturated rings. The van der Waals surface area contributed by atoms with E-state index in [9.17, 15) is 0 Å². The van der Waals surface area contributed by atoms with Gasteiger partial charge in [-0.3, -0.25) is 4.48 Å². The van der Waals surface area contributed by atoms with Crippen molar-refractivity contribution in [2.45, 2.75) is 90.9 Å². The van der Waals surface area contributed by atoms with E-state index in [0.29, 0.717) is 0 Å². The number of rotatable bonds is 14. The summed E-state index contributed by atoms with van der Waals surface area (Å²) in [6.07, 6.45) is 26.2. The standard InChI is InChI=1S/C20H38N/c1-3-5-7-9-11-13-17-21(19-15-16-20-21)18-14-12-10-8-6-4-2/h15-16,19-20H,3-14,17-18H2,1-2H3/q+1. The highest BCUT2D eigenvalue weighted by Gasteiger charge is 2.23. The maximum Gasteiger partial charge on any atom is 0.101 e. The monoisotopic (exact) mass is 292 g/mol. The summed E-state index contributed by atoms with van der Waals surface area (Å²) in [6, 6.07) is 0. The second kappa shape index (κ2) is 12.0. The van der Waals surface area contributed by atoms with Crippen LogP contribution >= 0.6 is 0 Å². The molecule has 0 saturated heterocycles. The smallest absolute Gasteiger partial charge is 0.101 e. The first-order valence-corrected chi connectivity index (χ1v) is 9.56. The molecule has 21 heavy (non-hydrogen) atoms. The summed E-state index contributed by atoms with van der Waals surface area (Å²) in [6.45, 7) is 7.21. The van der Waals surface area contributed by atoms with Crippen LogP contribution in [0.2, 0.25) is 0 Å². The van der Waals surface area contributed by atoms with Crippen LogP contribution in [-0.4, -0.2) is 17.6 Å². The Bertz CT molecular complexity index is 260. The van der Waals surface area contributed by atoms with Crippen molar-refractivity contribution in [3.05, 3.63) is 24.6 Å². The summed E-state index contributed by atoms with van der Waals surface area (Å²) in [4.78, 5) is 0. The first kappa shape index (κ1) is 18.5. The highest BCUT2D eigenvalue weighted by molar-refractivity contribution is 5.03. The van der Waals surface area contributed by atoms with Crippen LogP contribution in [0.25, 0.3) is 0 Å². The van der Waals surface area contributed by atoms with Gasteiger partial charge in [0, 0.05) is 0 Å². The van der Waals surface area contributed by atoms with Gasteiger partial charge >= 0.3 is 0 Å². The number of nitrogens with zero attached hydrogens (tertiary/aromatic N) is 1. The molecule has 122 valence electrons. The Morgan fingerprint density at radius 1 is 0.524 bits per heavy atom. The zero-order chi connectivity index (χ0) is 15.2. The Labute approximate surface area is 133 Å². The number of unbranched alkanes of at least 4 members (excludes halogenated alkanes) is 10. The molecule has 0 amide bonds. The van der Waals surface area contributed by atoms with Crippen molar-refractivity contribution in [3.63, 3.8) is 0 Å².